The molecule has 5 nitrogen and oxygen atoms in total. The molecule has 0 radical (unpaired) electrons. The largest absolute Gasteiger partial charge is 0.490 e. The van der Waals surface area contributed by atoms with E-state index in [-0.39, 0.29) is 25.6 Å². The van der Waals surface area contributed by atoms with Gasteiger partial charge in [0.15, 0.2) is 0 Å². The summed E-state index contributed by atoms with van der Waals surface area (Å²) in [6.07, 6.45) is 1.62. The molecule has 1 aliphatic carbocycles. The van der Waals surface area contributed by atoms with E-state index < -0.39 is 18.3 Å². The molecule has 0 N–H and O–H groups in total. The van der Waals surface area contributed by atoms with E-state index in [2.05, 4.69) is 4.98 Å². The van der Waals surface area contributed by atoms with Crippen LogP contribution in [0, 0.1) is 23.2 Å². The SMILES string of the molecule is N#Cc1cncc2c1OCCN(C(=O)C(C(F)F)C1CC1)C2. The van der Waals surface area contributed by atoms with Crippen molar-refractivity contribution in [2.45, 2.75) is 25.8 Å². The van der Waals surface area contributed by atoms with Crippen molar-refractivity contribution in [1.82, 2.24) is 9.88 Å². The third-order valence-corrected chi connectivity index (χ3v) is 4.06. The van der Waals surface area contributed by atoms with E-state index in [4.69, 9.17) is 10.00 Å². The monoisotopic (exact) mass is 307 g/mol. The van der Waals surface area contributed by atoms with Gasteiger partial charge in [-0.25, -0.2) is 8.78 Å². The molecular weight excluding hydrogens is 292 g/mol. The van der Waals surface area contributed by atoms with Gasteiger partial charge in [-0.3, -0.25) is 9.78 Å². The van der Waals surface area contributed by atoms with Crippen molar-refractivity contribution >= 4 is 5.91 Å². The fraction of sp³-hybridized carbons (Fsp3) is 0.533. The van der Waals surface area contributed by atoms with Gasteiger partial charge >= 0.3 is 0 Å². The Hall–Kier alpha value is -2.23. The highest BCUT2D eigenvalue weighted by molar-refractivity contribution is 5.80. The summed E-state index contributed by atoms with van der Waals surface area (Å²) >= 11 is 0. The molecule has 0 aromatic carbocycles. The topological polar surface area (TPSA) is 66.2 Å². The summed E-state index contributed by atoms with van der Waals surface area (Å²) in [6.45, 7) is 0.555. The number of aromatic nitrogens is 1. The Morgan fingerprint density at radius 1 is 1.45 bits per heavy atom. The van der Waals surface area contributed by atoms with Crippen LogP contribution in [0.4, 0.5) is 8.78 Å². The standard InChI is InChI=1S/C15H15F2N3O2/c16-14(17)12(9-1-2-9)15(21)20-3-4-22-13-10(5-18)6-19-7-11(13)8-20/h6-7,9,12,14H,1-4,8H2. The van der Waals surface area contributed by atoms with Gasteiger partial charge in [0.25, 0.3) is 0 Å². The van der Waals surface area contributed by atoms with Gasteiger partial charge in [-0.05, 0) is 18.8 Å². The number of amides is 1. The molecule has 22 heavy (non-hydrogen) atoms. The highest BCUT2D eigenvalue weighted by Gasteiger charge is 2.44. The Morgan fingerprint density at radius 2 is 2.23 bits per heavy atom. The zero-order valence-corrected chi connectivity index (χ0v) is 11.8. The third kappa shape index (κ3) is 2.73. The number of nitrogens with zero attached hydrogens (tertiary/aromatic N) is 3. The molecule has 0 spiro atoms. The summed E-state index contributed by atoms with van der Waals surface area (Å²) in [7, 11) is 0. The van der Waals surface area contributed by atoms with Crippen molar-refractivity contribution in [2.24, 2.45) is 11.8 Å². The maximum absolute atomic E-state index is 13.2. The van der Waals surface area contributed by atoms with Crippen LogP contribution in [0.5, 0.6) is 5.75 Å². The van der Waals surface area contributed by atoms with Crippen LogP contribution in [0.1, 0.15) is 24.0 Å². The lowest BCUT2D eigenvalue weighted by molar-refractivity contribution is -0.142. The molecule has 2 heterocycles. The summed E-state index contributed by atoms with van der Waals surface area (Å²) in [4.78, 5) is 17.8. The first-order valence-corrected chi connectivity index (χ1v) is 7.18. The molecule has 1 aliphatic heterocycles. The number of ether oxygens (including phenoxy) is 1. The summed E-state index contributed by atoms with van der Waals surface area (Å²) in [5, 5.41) is 9.05. The van der Waals surface area contributed by atoms with E-state index in [0.717, 1.165) is 0 Å². The molecule has 1 atom stereocenters. The Kier molecular flexibility index (Phi) is 3.92. The van der Waals surface area contributed by atoms with Gasteiger partial charge in [0.2, 0.25) is 12.3 Å². The lowest BCUT2D eigenvalue weighted by Gasteiger charge is -2.25. The number of carbonyl (C=O) groups is 1. The van der Waals surface area contributed by atoms with E-state index in [9.17, 15) is 13.6 Å². The first-order valence-electron chi connectivity index (χ1n) is 7.18. The molecular formula is C15H15F2N3O2. The van der Waals surface area contributed by atoms with Crippen LogP contribution in [-0.2, 0) is 11.3 Å². The second-order valence-corrected chi connectivity index (χ2v) is 5.59. The molecule has 1 saturated carbocycles. The van der Waals surface area contributed by atoms with Gasteiger partial charge < -0.3 is 9.64 Å². The Bertz CT molecular complexity index is 624. The highest BCUT2D eigenvalue weighted by Crippen LogP contribution is 2.41. The second kappa shape index (κ2) is 5.87. The first kappa shape index (κ1) is 14.7. The van der Waals surface area contributed by atoms with Gasteiger partial charge in [-0.15, -0.1) is 0 Å². The van der Waals surface area contributed by atoms with E-state index in [0.29, 0.717) is 29.7 Å². The normalized spacial score (nSPS) is 18.9. The lowest BCUT2D eigenvalue weighted by atomic mass is 10.0. The number of alkyl halides is 2. The zero-order chi connectivity index (χ0) is 15.7. The van der Waals surface area contributed by atoms with Crippen molar-refractivity contribution in [3.63, 3.8) is 0 Å². The number of hydrogen-bond donors (Lipinski definition) is 0. The van der Waals surface area contributed by atoms with E-state index >= 15 is 0 Å². The zero-order valence-electron chi connectivity index (χ0n) is 11.8. The Balaban J connectivity index is 1.84. The number of halogens is 2. The first-order chi connectivity index (χ1) is 10.6. The summed E-state index contributed by atoms with van der Waals surface area (Å²) in [5.74, 6) is -1.57. The van der Waals surface area contributed by atoms with E-state index in [1.165, 1.54) is 17.3 Å². The molecule has 1 aromatic rings. The van der Waals surface area contributed by atoms with Crippen LogP contribution in [0.25, 0.3) is 0 Å². The number of nitriles is 1. The molecule has 0 saturated heterocycles. The fourth-order valence-electron chi connectivity index (χ4n) is 2.77. The van der Waals surface area contributed by atoms with Crippen molar-refractivity contribution in [2.75, 3.05) is 13.2 Å². The highest BCUT2D eigenvalue weighted by atomic mass is 19.3. The van der Waals surface area contributed by atoms with Crippen molar-refractivity contribution in [3.05, 3.63) is 23.5 Å². The summed E-state index contributed by atoms with van der Waals surface area (Å²) in [5.41, 5.74) is 0.869. The van der Waals surface area contributed by atoms with Crippen molar-refractivity contribution < 1.29 is 18.3 Å². The molecule has 0 bridgehead atoms. The molecule has 1 unspecified atom stereocenters. The van der Waals surface area contributed by atoms with Crippen molar-refractivity contribution in [1.29, 1.82) is 5.26 Å². The van der Waals surface area contributed by atoms with Gasteiger partial charge in [0.1, 0.15) is 29.9 Å². The number of carbonyl (C=O) groups excluding carboxylic acids is 1. The average Bonchev–Trinajstić information content (AvgIpc) is 3.31. The van der Waals surface area contributed by atoms with E-state index in [1.54, 1.807) is 0 Å². The molecule has 2 aliphatic rings. The molecule has 1 aromatic heterocycles. The minimum Gasteiger partial charge on any atom is -0.490 e. The van der Waals surface area contributed by atoms with Gasteiger partial charge in [-0.2, -0.15) is 5.26 Å². The van der Waals surface area contributed by atoms with Gasteiger partial charge in [-0.1, -0.05) is 0 Å². The van der Waals surface area contributed by atoms with Crippen LogP contribution in [0.2, 0.25) is 0 Å². The van der Waals surface area contributed by atoms with Crippen LogP contribution in [0.3, 0.4) is 0 Å². The second-order valence-electron chi connectivity index (χ2n) is 5.59. The van der Waals surface area contributed by atoms with Crippen molar-refractivity contribution in [3.8, 4) is 11.8 Å². The molecule has 1 amide bonds. The number of fused-ring (bicyclic) bond motifs is 1. The predicted octanol–water partition coefficient (Wildman–Crippen LogP) is 1.97. The number of hydrogen-bond acceptors (Lipinski definition) is 4. The van der Waals surface area contributed by atoms with Crippen LogP contribution in [-0.4, -0.2) is 35.4 Å². The van der Waals surface area contributed by atoms with Crippen LogP contribution < -0.4 is 4.74 Å². The molecule has 3 rings (SSSR count). The Labute approximate surface area is 126 Å². The lowest BCUT2D eigenvalue weighted by Crippen LogP contribution is -2.40. The maximum Gasteiger partial charge on any atom is 0.250 e. The molecule has 1 fully saturated rings. The minimum atomic E-state index is -2.65. The maximum atomic E-state index is 13.2. The summed E-state index contributed by atoms with van der Waals surface area (Å²) < 4.78 is 31.9. The van der Waals surface area contributed by atoms with Crippen LogP contribution >= 0.6 is 0 Å². The van der Waals surface area contributed by atoms with E-state index in [1.807, 2.05) is 6.07 Å². The predicted molar refractivity (Wildman–Crippen MR) is 72.1 cm³/mol. The fourth-order valence-corrected chi connectivity index (χ4v) is 2.77. The third-order valence-electron chi connectivity index (χ3n) is 4.06. The molecule has 7 heteroatoms. The smallest absolute Gasteiger partial charge is 0.250 e. The average molecular weight is 307 g/mol. The number of pyridine rings is 1. The molecule has 116 valence electrons. The minimum absolute atomic E-state index is 0.145. The van der Waals surface area contributed by atoms with Crippen LogP contribution in [0.15, 0.2) is 12.4 Å². The Morgan fingerprint density at radius 3 is 2.86 bits per heavy atom. The number of rotatable bonds is 3. The van der Waals surface area contributed by atoms with Gasteiger partial charge in [0.05, 0.1) is 13.1 Å². The summed E-state index contributed by atoms with van der Waals surface area (Å²) in [6, 6.07) is 1.99. The van der Waals surface area contributed by atoms with Gasteiger partial charge in [0, 0.05) is 18.0 Å². The quantitative estimate of drug-likeness (QED) is 0.856.